The monoisotopic (exact) mass is 195 g/mol. The summed E-state index contributed by atoms with van der Waals surface area (Å²) in [5.41, 5.74) is 1.17. The number of halogens is 1. The van der Waals surface area contributed by atoms with E-state index in [1.807, 2.05) is 0 Å². The van der Waals surface area contributed by atoms with Crippen LogP contribution in [-0.4, -0.2) is 6.04 Å². The van der Waals surface area contributed by atoms with Gasteiger partial charge in [-0.2, -0.15) is 0 Å². The lowest BCUT2D eigenvalue weighted by Crippen LogP contribution is -2.30. The lowest BCUT2D eigenvalue weighted by molar-refractivity contribution is 0.359. The van der Waals surface area contributed by atoms with Crippen molar-refractivity contribution in [1.82, 2.24) is 0 Å². The van der Waals surface area contributed by atoms with Crippen molar-refractivity contribution in [2.24, 2.45) is 5.41 Å². The molecule has 0 aliphatic rings. The predicted octanol–water partition coefficient (Wildman–Crippen LogP) is 3.67. The number of benzene rings is 1. The first-order valence-corrected chi connectivity index (χ1v) is 4.92. The second-order valence-corrected chi connectivity index (χ2v) is 4.74. The first kappa shape index (κ1) is 11.0. The normalized spacial score (nSPS) is 13.8. The van der Waals surface area contributed by atoms with Crippen LogP contribution in [0.4, 0.5) is 10.1 Å². The van der Waals surface area contributed by atoms with Crippen molar-refractivity contribution in [2.45, 2.75) is 33.7 Å². The molecule has 14 heavy (non-hydrogen) atoms. The van der Waals surface area contributed by atoms with E-state index in [9.17, 15) is 4.39 Å². The van der Waals surface area contributed by atoms with Gasteiger partial charge in [0.25, 0.3) is 0 Å². The van der Waals surface area contributed by atoms with Gasteiger partial charge in [0, 0.05) is 11.7 Å². The van der Waals surface area contributed by atoms with Crippen LogP contribution in [0.2, 0.25) is 0 Å². The van der Waals surface area contributed by atoms with Crippen molar-refractivity contribution in [3.05, 3.63) is 30.1 Å². The Hall–Kier alpha value is -1.05. The Morgan fingerprint density at radius 1 is 1.14 bits per heavy atom. The average molecular weight is 195 g/mol. The maximum Gasteiger partial charge on any atom is 0.123 e. The zero-order valence-corrected chi connectivity index (χ0v) is 9.26. The molecule has 1 rings (SSSR count). The summed E-state index contributed by atoms with van der Waals surface area (Å²) in [5.74, 6) is -0.195. The van der Waals surface area contributed by atoms with Crippen LogP contribution in [0.1, 0.15) is 27.7 Å². The van der Waals surface area contributed by atoms with Gasteiger partial charge in [-0.1, -0.05) is 20.8 Å². The predicted molar refractivity (Wildman–Crippen MR) is 58.9 cm³/mol. The highest BCUT2D eigenvalue weighted by atomic mass is 19.1. The van der Waals surface area contributed by atoms with Gasteiger partial charge >= 0.3 is 0 Å². The summed E-state index contributed by atoms with van der Waals surface area (Å²) in [6.07, 6.45) is 0. The molecule has 2 heteroatoms. The third kappa shape index (κ3) is 3.02. The van der Waals surface area contributed by atoms with Gasteiger partial charge in [0.15, 0.2) is 0 Å². The van der Waals surface area contributed by atoms with Crippen molar-refractivity contribution in [2.75, 3.05) is 5.32 Å². The summed E-state index contributed by atoms with van der Waals surface area (Å²) in [5, 5.41) is 3.34. The zero-order valence-electron chi connectivity index (χ0n) is 9.26. The minimum atomic E-state index is -0.195. The Bertz CT molecular complexity index is 284. The van der Waals surface area contributed by atoms with Crippen LogP contribution in [-0.2, 0) is 0 Å². The smallest absolute Gasteiger partial charge is 0.123 e. The molecule has 1 aromatic carbocycles. The van der Waals surface area contributed by atoms with Crippen LogP contribution >= 0.6 is 0 Å². The molecule has 1 nitrogen and oxygen atoms in total. The first-order valence-electron chi connectivity index (χ1n) is 4.92. The minimum Gasteiger partial charge on any atom is -0.382 e. The molecule has 0 aliphatic heterocycles. The quantitative estimate of drug-likeness (QED) is 0.759. The Morgan fingerprint density at radius 2 is 1.64 bits per heavy atom. The highest BCUT2D eigenvalue weighted by Gasteiger charge is 2.19. The molecule has 0 bridgehead atoms. The molecule has 0 saturated carbocycles. The fourth-order valence-corrected chi connectivity index (χ4v) is 1.01. The van der Waals surface area contributed by atoms with Gasteiger partial charge < -0.3 is 5.32 Å². The molecule has 1 atom stereocenters. The molecule has 0 amide bonds. The van der Waals surface area contributed by atoms with E-state index in [2.05, 4.69) is 33.0 Å². The Balaban J connectivity index is 2.65. The van der Waals surface area contributed by atoms with Crippen LogP contribution in [0.3, 0.4) is 0 Å². The second kappa shape index (κ2) is 3.99. The molecule has 1 aromatic rings. The van der Waals surface area contributed by atoms with Crippen molar-refractivity contribution in [1.29, 1.82) is 0 Å². The molecular weight excluding hydrogens is 177 g/mol. The van der Waals surface area contributed by atoms with Gasteiger partial charge in [-0.05, 0) is 36.6 Å². The molecule has 1 N–H and O–H groups in total. The van der Waals surface area contributed by atoms with Crippen LogP contribution in [0.15, 0.2) is 24.3 Å². The average Bonchev–Trinajstić information content (AvgIpc) is 2.07. The van der Waals surface area contributed by atoms with E-state index in [1.54, 1.807) is 12.1 Å². The summed E-state index contributed by atoms with van der Waals surface area (Å²) >= 11 is 0. The van der Waals surface area contributed by atoms with Crippen LogP contribution < -0.4 is 5.32 Å². The highest BCUT2D eigenvalue weighted by molar-refractivity contribution is 5.43. The standard InChI is InChI=1S/C12H18FN/c1-9(12(2,3)4)14-11-7-5-10(13)6-8-11/h5-9,14H,1-4H3. The zero-order chi connectivity index (χ0) is 10.8. The molecule has 0 heterocycles. The van der Waals surface area contributed by atoms with Gasteiger partial charge in [-0.15, -0.1) is 0 Å². The number of hydrogen-bond acceptors (Lipinski definition) is 1. The van der Waals surface area contributed by atoms with Crippen LogP contribution in [0.25, 0.3) is 0 Å². The Morgan fingerprint density at radius 3 is 2.07 bits per heavy atom. The molecule has 78 valence electrons. The first-order chi connectivity index (χ1) is 6.39. The summed E-state index contributed by atoms with van der Waals surface area (Å²) in [7, 11) is 0. The molecule has 0 saturated heterocycles. The Kier molecular flexibility index (Phi) is 3.14. The van der Waals surface area contributed by atoms with Crippen LogP contribution in [0.5, 0.6) is 0 Å². The van der Waals surface area contributed by atoms with Crippen molar-refractivity contribution < 1.29 is 4.39 Å². The fraction of sp³-hybridized carbons (Fsp3) is 0.500. The fourth-order valence-electron chi connectivity index (χ4n) is 1.01. The maximum atomic E-state index is 12.6. The van der Waals surface area contributed by atoms with Gasteiger partial charge in [-0.3, -0.25) is 0 Å². The molecular formula is C12H18FN. The van der Waals surface area contributed by atoms with Gasteiger partial charge in [0.05, 0.1) is 0 Å². The van der Waals surface area contributed by atoms with E-state index in [0.717, 1.165) is 5.69 Å². The summed E-state index contributed by atoms with van der Waals surface area (Å²) in [6, 6.07) is 6.82. The van der Waals surface area contributed by atoms with E-state index >= 15 is 0 Å². The number of nitrogens with one attached hydrogen (secondary N) is 1. The number of anilines is 1. The lowest BCUT2D eigenvalue weighted by atomic mass is 9.88. The summed E-state index contributed by atoms with van der Waals surface area (Å²) < 4.78 is 12.6. The molecule has 0 radical (unpaired) electrons. The van der Waals surface area contributed by atoms with Crippen LogP contribution in [0, 0.1) is 11.2 Å². The van der Waals surface area contributed by atoms with E-state index in [1.165, 1.54) is 12.1 Å². The van der Waals surface area contributed by atoms with E-state index < -0.39 is 0 Å². The van der Waals surface area contributed by atoms with Crippen molar-refractivity contribution in [3.63, 3.8) is 0 Å². The third-order valence-corrected chi connectivity index (χ3v) is 2.53. The molecule has 0 spiro atoms. The molecule has 0 aliphatic carbocycles. The van der Waals surface area contributed by atoms with E-state index in [4.69, 9.17) is 0 Å². The topological polar surface area (TPSA) is 12.0 Å². The van der Waals surface area contributed by atoms with E-state index in [-0.39, 0.29) is 11.2 Å². The van der Waals surface area contributed by atoms with Gasteiger partial charge in [0.2, 0.25) is 0 Å². The Labute approximate surface area is 85.3 Å². The lowest BCUT2D eigenvalue weighted by Gasteiger charge is -2.29. The van der Waals surface area contributed by atoms with Crippen molar-refractivity contribution in [3.8, 4) is 0 Å². The van der Waals surface area contributed by atoms with E-state index in [0.29, 0.717) is 6.04 Å². The highest BCUT2D eigenvalue weighted by Crippen LogP contribution is 2.22. The number of hydrogen-bond donors (Lipinski definition) is 1. The molecule has 0 aromatic heterocycles. The summed E-state index contributed by atoms with van der Waals surface area (Å²) in [6.45, 7) is 8.65. The minimum absolute atomic E-state index is 0.195. The summed E-state index contributed by atoms with van der Waals surface area (Å²) in [4.78, 5) is 0. The van der Waals surface area contributed by atoms with Crippen molar-refractivity contribution >= 4 is 5.69 Å². The van der Waals surface area contributed by atoms with Gasteiger partial charge in [0.1, 0.15) is 5.82 Å². The molecule has 1 unspecified atom stereocenters. The second-order valence-electron chi connectivity index (χ2n) is 4.74. The number of rotatable bonds is 2. The molecule has 0 fully saturated rings. The maximum absolute atomic E-state index is 12.6. The largest absolute Gasteiger partial charge is 0.382 e. The SMILES string of the molecule is CC(Nc1ccc(F)cc1)C(C)(C)C. The third-order valence-electron chi connectivity index (χ3n) is 2.53. The van der Waals surface area contributed by atoms with Gasteiger partial charge in [-0.25, -0.2) is 4.39 Å².